The number of esters is 1. The highest BCUT2D eigenvalue weighted by atomic mass is 16.6. The summed E-state index contributed by atoms with van der Waals surface area (Å²) in [6, 6.07) is 21.4. The van der Waals surface area contributed by atoms with Gasteiger partial charge in [-0.1, -0.05) is 54.6 Å². The lowest BCUT2D eigenvalue weighted by atomic mass is 10.0. The van der Waals surface area contributed by atoms with E-state index in [0.717, 1.165) is 22.3 Å². The molecule has 33 heavy (non-hydrogen) atoms. The molecule has 4 rings (SSSR count). The number of carbonyl (C=O) groups excluding carboxylic acids is 2. The van der Waals surface area contributed by atoms with Crippen molar-refractivity contribution in [2.24, 2.45) is 0 Å². The average Bonchev–Trinajstić information content (AvgIpc) is 3.08. The molecule has 1 aliphatic heterocycles. The molecule has 0 aliphatic carbocycles. The van der Waals surface area contributed by atoms with Crippen LogP contribution in [0.15, 0.2) is 72.5 Å². The van der Waals surface area contributed by atoms with Crippen LogP contribution in [0.4, 0.5) is 0 Å². The van der Waals surface area contributed by atoms with Crippen molar-refractivity contribution in [3.8, 4) is 22.6 Å². The topological polar surface area (TPSA) is 61.8 Å². The van der Waals surface area contributed by atoms with E-state index in [1.165, 1.54) is 0 Å². The van der Waals surface area contributed by atoms with Crippen molar-refractivity contribution < 1.29 is 23.8 Å². The highest BCUT2D eigenvalue weighted by molar-refractivity contribution is 6.15. The Morgan fingerprint density at radius 1 is 0.970 bits per heavy atom. The van der Waals surface area contributed by atoms with Crippen molar-refractivity contribution in [1.29, 1.82) is 0 Å². The number of hydrogen-bond donors (Lipinski definition) is 0. The Kier molecular flexibility index (Phi) is 6.05. The lowest BCUT2D eigenvalue weighted by Gasteiger charge is -2.19. The van der Waals surface area contributed by atoms with Crippen LogP contribution in [0, 0.1) is 6.92 Å². The zero-order valence-corrected chi connectivity index (χ0v) is 19.2. The number of carbonyl (C=O) groups is 2. The SMILES string of the molecule is Cc1cc(OCC(=O)OC(C)(C)C)cc2c1C(=O)/C(=C/c1ccc(-c3ccccc3)cc1)O2. The van der Waals surface area contributed by atoms with Crippen LogP contribution in [0.2, 0.25) is 0 Å². The Balaban J connectivity index is 1.49. The van der Waals surface area contributed by atoms with Crippen molar-refractivity contribution in [2.45, 2.75) is 33.3 Å². The summed E-state index contributed by atoms with van der Waals surface area (Å²) in [6.07, 6.45) is 1.73. The zero-order valence-electron chi connectivity index (χ0n) is 19.2. The van der Waals surface area contributed by atoms with Crippen LogP contribution in [0.3, 0.4) is 0 Å². The van der Waals surface area contributed by atoms with Gasteiger partial charge in [0.05, 0.1) is 5.56 Å². The van der Waals surface area contributed by atoms with Gasteiger partial charge in [-0.15, -0.1) is 0 Å². The summed E-state index contributed by atoms with van der Waals surface area (Å²) in [5.41, 5.74) is 3.74. The second kappa shape index (κ2) is 8.94. The fourth-order valence-corrected chi connectivity index (χ4v) is 3.63. The molecule has 0 spiro atoms. The normalized spacial score (nSPS) is 14.1. The smallest absolute Gasteiger partial charge is 0.344 e. The van der Waals surface area contributed by atoms with E-state index in [1.54, 1.807) is 39.0 Å². The largest absolute Gasteiger partial charge is 0.482 e. The van der Waals surface area contributed by atoms with Gasteiger partial charge in [0.1, 0.15) is 17.1 Å². The molecule has 3 aromatic rings. The molecule has 5 nitrogen and oxygen atoms in total. The van der Waals surface area contributed by atoms with Gasteiger partial charge in [-0.25, -0.2) is 4.79 Å². The van der Waals surface area contributed by atoms with E-state index >= 15 is 0 Å². The van der Waals surface area contributed by atoms with Crippen LogP contribution in [0.5, 0.6) is 11.5 Å². The molecule has 0 unspecified atom stereocenters. The minimum atomic E-state index is -0.581. The molecule has 5 heteroatoms. The van der Waals surface area contributed by atoms with Crippen LogP contribution in [-0.2, 0) is 9.53 Å². The van der Waals surface area contributed by atoms with E-state index in [0.29, 0.717) is 17.1 Å². The van der Waals surface area contributed by atoms with Crippen LogP contribution < -0.4 is 9.47 Å². The quantitative estimate of drug-likeness (QED) is 0.358. The number of ketones is 1. The first-order chi connectivity index (χ1) is 15.7. The van der Waals surface area contributed by atoms with Gasteiger partial charge < -0.3 is 14.2 Å². The van der Waals surface area contributed by atoms with Crippen LogP contribution >= 0.6 is 0 Å². The fourth-order valence-electron chi connectivity index (χ4n) is 3.63. The fraction of sp³-hybridized carbons (Fsp3) is 0.214. The number of hydrogen-bond acceptors (Lipinski definition) is 5. The van der Waals surface area contributed by atoms with Gasteiger partial charge in [0.25, 0.3) is 0 Å². The molecule has 1 heterocycles. The van der Waals surface area contributed by atoms with Crippen molar-refractivity contribution in [3.63, 3.8) is 0 Å². The monoisotopic (exact) mass is 442 g/mol. The van der Waals surface area contributed by atoms with E-state index in [-0.39, 0.29) is 18.1 Å². The van der Waals surface area contributed by atoms with Crippen molar-refractivity contribution >= 4 is 17.8 Å². The van der Waals surface area contributed by atoms with Gasteiger partial charge >= 0.3 is 5.97 Å². The van der Waals surface area contributed by atoms with Gasteiger partial charge in [0.2, 0.25) is 5.78 Å². The minimum absolute atomic E-state index is 0.173. The maximum absolute atomic E-state index is 12.9. The first-order valence-electron chi connectivity index (χ1n) is 10.8. The lowest BCUT2D eigenvalue weighted by molar-refractivity contribution is -0.157. The molecule has 0 atom stereocenters. The third-order valence-electron chi connectivity index (χ3n) is 5.04. The molecule has 0 N–H and O–H groups in total. The van der Waals surface area contributed by atoms with E-state index in [2.05, 4.69) is 12.1 Å². The lowest BCUT2D eigenvalue weighted by Crippen LogP contribution is -2.27. The molecule has 0 aromatic heterocycles. The molecule has 0 radical (unpaired) electrons. The molecular weight excluding hydrogens is 416 g/mol. The molecule has 0 fully saturated rings. The van der Waals surface area contributed by atoms with Crippen LogP contribution in [0.25, 0.3) is 17.2 Å². The van der Waals surface area contributed by atoms with E-state index < -0.39 is 11.6 Å². The first-order valence-corrected chi connectivity index (χ1v) is 10.8. The Morgan fingerprint density at radius 2 is 1.64 bits per heavy atom. The van der Waals surface area contributed by atoms with Gasteiger partial charge in [-0.05, 0) is 62.1 Å². The molecule has 0 saturated carbocycles. The highest BCUT2D eigenvalue weighted by Gasteiger charge is 2.30. The van der Waals surface area contributed by atoms with Gasteiger partial charge in [0.15, 0.2) is 12.4 Å². The number of allylic oxidation sites excluding steroid dienone is 1. The second-order valence-corrected chi connectivity index (χ2v) is 8.92. The predicted octanol–water partition coefficient (Wildman–Crippen LogP) is 6.00. The summed E-state index contributed by atoms with van der Waals surface area (Å²) in [5.74, 6) is 0.486. The molecule has 0 amide bonds. The summed E-state index contributed by atoms with van der Waals surface area (Å²) in [6.45, 7) is 6.99. The highest BCUT2D eigenvalue weighted by Crippen LogP contribution is 2.37. The van der Waals surface area contributed by atoms with E-state index in [1.807, 2.05) is 49.4 Å². The number of rotatable bonds is 5. The molecular formula is C28H26O5. The number of benzene rings is 3. The second-order valence-electron chi connectivity index (χ2n) is 8.92. The number of Topliss-reactive ketones (excluding diaryl/α,β-unsaturated/α-hetero) is 1. The molecule has 0 saturated heterocycles. The van der Waals surface area contributed by atoms with Gasteiger partial charge in [0, 0.05) is 6.07 Å². The summed E-state index contributed by atoms with van der Waals surface area (Å²) in [7, 11) is 0. The summed E-state index contributed by atoms with van der Waals surface area (Å²) < 4.78 is 16.7. The van der Waals surface area contributed by atoms with Gasteiger partial charge in [-0.2, -0.15) is 0 Å². The third-order valence-corrected chi connectivity index (χ3v) is 5.04. The average molecular weight is 443 g/mol. The number of fused-ring (bicyclic) bond motifs is 1. The Bertz CT molecular complexity index is 1220. The Labute approximate surface area is 193 Å². The summed E-state index contributed by atoms with van der Waals surface area (Å²) >= 11 is 0. The molecule has 168 valence electrons. The van der Waals surface area contributed by atoms with E-state index in [9.17, 15) is 9.59 Å². The maximum atomic E-state index is 12.9. The first kappa shape index (κ1) is 22.3. The Morgan fingerprint density at radius 3 is 2.30 bits per heavy atom. The third kappa shape index (κ3) is 5.32. The van der Waals surface area contributed by atoms with Crippen molar-refractivity contribution in [2.75, 3.05) is 6.61 Å². The zero-order chi connectivity index (χ0) is 23.6. The van der Waals surface area contributed by atoms with Crippen molar-refractivity contribution in [3.05, 3.63) is 89.2 Å². The molecule has 1 aliphatic rings. The number of ether oxygens (including phenoxy) is 3. The summed E-state index contributed by atoms with van der Waals surface area (Å²) in [5, 5.41) is 0. The van der Waals surface area contributed by atoms with Gasteiger partial charge in [-0.3, -0.25) is 4.79 Å². The minimum Gasteiger partial charge on any atom is -0.482 e. The van der Waals surface area contributed by atoms with Crippen LogP contribution in [-0.4, -0.2) is 24.0 Å². The summed E-state index contributed by atoms with van der Waals surface area (Å²) in [4.78, 5) is 24.9. The predicted molar refractivity (Wildman–Crippen MR) is 127 cm³/mol. The number of aryl methyl sites for hydroxylation is 1. The molecule has 3 aromatic carbocycles. The maximum Gasteiger partial charge on any atom is 0.344 e. The molecule has 0 bridgehead atoms. The van der Waals surface area contributed by atoms with Crippen LogP contribution in [0.1, 0.15) is 42.3 Å². The Hall–Kier alpha value is -3.86. The standard InChI is InChI=1S/C28H26O5/c1-18-14-22(31-17-25(29)33-28(2,3)4)16-23-26(18)27(30)24(32-23)15-19-10-12-21(13-11-19)20-8-6-5-7-9-20/h5-16H,17H2,1-4H3/b24-15-. The van der Waals surface area contributed by atoms with E-state index in [4.69, 9.17) is 14.2 Å². The van der Waals surface area contributed by atoms with Crippen molar-refractivity contribution in [1.82, 2.24) is 0 Å².